The number of rotatable bonds is 9. The molecular formula is C45H47N9O2. The summed E-state index contributed by atoms with van der Waals surface area (Å²) in [5.41, 5.74) is 14.2. The zero-order chi connectivity index (χ0) is 39.5. The van der Waals surface area contributed by atoms with Crippen molar-refractivity contribution in [1.29, 1.82) is 0 Å². The minimum absolute atomic E-state index is 0.141. The van der Waals surface area contributed by atoms with E-state index < -0.39 is 5.60 Å². The predicted molar refractivity (Wildman–Crippen MR) is 217 cm³/mol. The van der Waals surface area contributed by atoms with Gasteiger partial charge < -0.3 is 5.11 Å². The van der Waals surface area contributed by atoms with Crippen LogP contribution in [0.2, 0.25) is 0 Å². The van der Waals surface area contributed by atoms with Crippen molar-refractivity contribution in [3.63, 3.8) is 0 Å². The van der Waals surface area contributed by atoms with E-state index in [0.29, 0.717) is 23.6 Å². The molecule has 56 heavy (non-hydrogen) atoms. The summed E-state index contributed by atoms with van der Waals surface area (Å²) < 4.78 is 5.48. The summed E-state index contributed by atoms with van der Waals surface area (Å²) in [6.45, 7) is 16.1. The van der Waals surface area contributed by atoms with Gasteiger partial charge in [-0.3, -0.25) is 4.79 Å². The van der Waals surface area contributed by atoms with Gasteiger partial charge in [0.1, 0.15) is 17.0 Å². The lowest BCUT2D eigenvalue weighted by molar-refractivity contribution is 0.0688. The Bertz CT molecular complexity index is 2590. The van der Waals surface area contributed by atoms with Gasteiger partial charge in [-0.05, 0) is 115 Å². The largest absolute Gasteiger partial charge is 0.384 e. The standard InChI is InChI=1S/C45H47N9O2/c1-26(2)38-22-35(54-44-37-16-12-10-14-32(37)18-17-31-13-9-11-15-36(31)43(44)48-51-54)23-39(27(3)4)41(38)33-19-30(25-52-40(24-46-49-52)45(7,8)56)20-34(21-33)53-28(5)42(29(6)55)47-50-53/h9-16,19-24,26-27,56H,17-18,25H2,1-8H3. The summed E-state index contributed by atoms with van der Waals surface area (Å²) in [5, 5.41) is 37.9. The highest BCUT2D eigenvalue weighted by Crippen LogP contribution is 2.43. The van der Waals surface area contributed by atoms with Crippen LogP contribution >= 0.6 is 0 Å². The molecule has 8 rings (SSSR count). The van der Waals surface area contributed by atoms with Gasteiger partial charge in [0.15, 0.2) is 11.5 Å². The second-order valence-corrected chi connectivity index (χ2v) is 16.0. The Morgan fingerprint density at radius 1 is 0.786 bits per heavy atom. The van der Waals surface area contributed by atoms with E-state index in [4.69, 9.17) is 10.3 Å². The molecule has 11 nitrogen and oxygen atoms in total. The predicted octanol–water partition coefficient (Wildman–Crippen LogP) is 8.57. The lowest BCUT2D eigenvalue weighted by atomic mass is 9.83. The van der Waals surface area contributed by atoms with Crippen molar-refractivity contribution in [2.75, 3.05) is 0 Å². The van der Waals surface area contributed by atoms with Gasteiger partial charge in [-0.25, -0.2) is 14.0 Å². The lowest BCUT2D eigenvalue weighted by Crippen LogP contribution is -2.22. The average molecular weight is 746 g/mol. The molecule has 4 aromatic carbocycles. The highest BCUT2D eigenvalue weighted by Gasteiger charge is 2.27. The molecule has 0 spiro atoms. The van der Waals surface area contributed by atoms with Crippen molar-refractivity contribution in [1.82, 2.24) is 45.0 Å². The van der Waals surface area contributed by atoms with Crippen molar-refractivity contribution in [2.45, 2.75) is 92.2 Å². The average Bonchev–Trinajstić information content (AvgIpc) is 3.91. The van der Waals surface area contributed by atoms with Gasteiger partial charge >= 0.3 is 0 Å². The number of carbonyl (C=O) groups excluding carboxylic acids is 1. The SMILES string of the molecule is CC(=O)c1nnn(-c2cc(Cn3nncc3C(C)(C)O)cc(-c3c(C(C)C)cc(-n4nnc5c4-c4ccccc4CCc4ccccc4-5)cc3C(C)C)c2)c1C. The van der Waals surface area contributed by atoms with Crippen LogP contribution in [0.3, 0.4) is 0 Å². The number of hydrogen-bond acceptors (Lipinski definition) is 8. The lowest BCUT2D eigenvalue weighted by Gasteiger charge is -2.24. The maximum absolute atomic E-state index is 12.5. The first-order valence-electron chi connectivity index (χ1n) is 19.3. The van der Waals surface area contributed by atoms with Crippen LogP contribution in [0.4, 0.5) is 0 Å². The zero-order valence-corrected chi connectivity index (χ0v) is 33.2. The smallest absolute Gasteiger partial charge is 0.181 e. The number of ketones is 1. The molecule has 0 amide bonds. The molecule has 1 aliphatic carbocycles. The third-order valence-corrected chi connectivity index (χ3v) is 10.9. The molecule has 0 radical (unpaired) electrons. The van der Waals surface area contributed by atoms with Gasteiger partial charge in [0.25, 0.3) is 0 Å². The van der Waals surface area contributed by atoms with Crippen molar-refractivity contribution in [3.8, 4) is 45.0 Å². The Kier molecular flexibility index (Phi) is 9.36. The van der Waals surface area contributed by atoms with Crippen LogP contribution in [-0.4, -0.2) is 55.9 Å². The van der Waals surface area contributed by atoms with E-state index in [0.717, 1.165) is 74.5 Å². The maximum atomic E-state index is 12.5. The molecule has 284 valence electrons. The van der Waals surface area contributed by atoms with Gasteiger partial charge in [-0.2, -0.15) is 0 Å². The molecule has 3 aromatic heterocycles. The van der Waals surface area contributed by atoms with Crippen molar-refractivity contribution >= 4 is 5.78 Å². The third-order valence-electron chi connectivity index (χ3n) is 10.9. The van der Waals surface area contributed by atoms with E-state index in [1.165, 1.54) is 18.1 Å². The van der Waals surface area contributed by atoms with E-state index in [9.17, 15) is 9.90 Å². The van der Waals surface area contributed by atoms with Crippen LogP contribution in [0.5, 0.6) is 0 Å². The number of aliphatic hydroxyl groups is 1. The number of aromatic nitrogens is 9. The van der Waals surface area contributed by atoms with Gasteiger partial charge in [0.2, 0.25) is 0 Å². The first-order valence-corrected chi connectivity index (χ1v) is 19.3. The quantitative estimate of drug-likeness (QED) is 0.146. The number of aryl methyl sites for hydroxylation is 2. The first kappa shape index (κ1) is 36.9. The van der Waals surface area contributed by atoms with E-state index in [2.05, 4.69) is 121 Å². The minimum atomic E-state index is -1.14. The summed E-state index contributed by atoms with van der Waals surface area (Å²) in [7, 11) is 0. The van der Waals surface area contributed by atoms with Crippen LogP contribution in [0, 0.1) is 6.92 Å². The Labute approximate surface area is 327 Å². The van der Waals surface area contributed by atoms with E-state index in [-0.39, 0.29) is 17.6 Å². The molecule has 0 saturated heterocycles. The van der Waals surface area contributed by atoms with Crippen molar-refractivity contribution < 1.29 is 9.90 Å². The monoisotopic (exact) mass is 745 g/mol. The molecule has 0 saturated carbocycles. The fraction of sp³-hybridized carbons (Fsp3) is 0.311. The van der Waals surface area contributed by atoms with Crippen molar-refractivity contribution in [2.24, 2.45) is 0 Å². The van der Waals surface area contributed by atoms with Crippen LogP contribution in [0.15, 0.2) is 85.1 Å². The molecular weight excluding hydrogens is 699 g/mol. The number of hydrogen-bond donors (Lipinski definition) is 1. The van der Waals surface area contributed by atoms with Crippen LogP contribution in [-0.2, 0) is 25.0 Å². The Balaban J connectivity index is 1.36. The normalized spacial score (nSPS) is 12.7. The molecule has 0 bridgehead atoms. The van der Waals surface area contributed by atoms with Crippen LogP contribution in [0.25, 0.3) is 45.0 Å². The zero-order valence-electron chi connectivity index (χ0n) is 33.2. The summed E-state index contributed by atoms with van der Waals surface area (Å²) in [5.74, 6) is 0.139. The van der Waals surface area contributed by atoms with E-state index in [1.807, 2.05) is 17.7 Å². The van der Waals surface area contributed by atoms with Gasteiger partial charge in [0.05, 0.1) is 35.5 Å². The first-order chi connectivity index (χ1) is 26.8. The molecule has 7 aromatic rings. The fourth-order valence-electron chi connectivity index (χ4n) is 8.08. The number of benzene rings is 4. The van der Waals surface area contributed by atoms with Crippen molar-refractivity contribution in [3.05, 3.63) is 130 Å². The molecule has 0 unspecified atom stereocenters. The molecule has 3 heterocycles. The number of carbonyl (C=O) groups is 1. The summed E-state index contributed by atoms with van der Waals surface area (Å²) in [6, 6.07) is 28.0. The maximum Gasteiger partial charge on any atom is 0.181 e. The van der Waals surface area contributed by atoms with Gasteiger partial charge in [-0.15, -0.1) is 15.3 Å². The summed E-state index contributed by atoms with van der Waals surface area (Å²) >= 11 is 0. The van der Waals surface area contributed by atoms with Gasteiger partial charge in [0, 0.05) is 18.1 Å². The highest BCUT2D eigenvalue weighted by molar-refractivity contribution is 5.93. The Hall–Kier alpha value is -6.07. The van der Waals surface area contributed by atoms with Crippen LogP contribution < -0.4 is 0 Å². The Morgan fingerprint density at radius 2 is 1.39 bits per heavy atom. The summed E-state index contributed by atoms with van der Waals surface area (Å²) in [6.07, 6.45) is 3.46. The highest BCUT2D eigenvalue weighted by atomic mass is 16.3. The molecule has 11 heteroatoms. The number of Topliss-reactive ketones (excluding diaryl/α,β-unsaturated/α-hetero) is 1. The molecule has 0 atom stereocenters. The van der Waals surface area contributed by atoms with E-state index >= 15 is 0 Å². The minimum Gasteiger partial charge on any atom is -0.384 e. The fourth-order valence-corrected chi connectivity index (χ4v) is 8.08. The third kappa shape index (κ3) is 6.55. The molecule has 0 aliphatic heterocycles. The second-order valence-electron chi connectivity index (χ2n) is 16.0. The number of fused-ring (bicyclic) bond motifs is 5. The number of nitrogens with zero attached hydrogens (tertiary/aromatic N) is 9. The van der Waals surface area contributed by atoms with Gasteiger partial charge in [-0.1, -0.05) is 91.9 Å². The van der Waals surface area contributed by atoms with Crippen LogP contribution in [0.1, 0.15) is 110 Å². The summed E-state index contributed by atoms with van der Waals surface area (Å²) in [4.78, 5) is 12.5. The Morgan fingerprint density at radius 3 is 2.02 bits per heavy atom. The topological polar surface area (TPSA) is 129 Å². The molecule has 1 N–H and O–H groups in total. The van der Waals surface area contributed by atoms with E-state index in [1.54, 1.807) is 29.4 Å². The molecule has 0 fully saturated rings. The molecule has 1 aliphatic rings. The second kappa shape index (κ2) is 14.2.